The Morgan fingerprint density at radius 3 is 2.38 bits per heavy atom. The minimum Gasteiger partial charge on any atom is -0.478 e. The van der Waals surface area contributed by atoms with E-state index < -0.39 is 5.97 Å². The molecule has 1 atom stereocenters. The second-order valence-electron chi connectivity index (χ2n) is 3.03. The Morgan fingerprint density at radius 1 is 1.69 bits per heavy atom. The van der Waals surface area contributed by atoms with Crippen LogP contribution in [0.2, 0.25) is 0 Å². The fraction of sp³-hybridized carbons (Fsp3) is 0.667. The van der Waals surface area contributed by atoms with Gasteiger partial charge in [-0.3, -0.25) is 0 Å². The second-order valence-corrected chi connectivity index (χ2v) is 3.03. The van der Waals surface area contributed by atoms with E-state index in [4.69, 9.17) is 14.9 Å². The lowest BCUT2D eigenvalue weighted by Crippen LogP contribution is -2.12. The van der Waals surface area contributed by atoms with Gasteiger partial charge in [-0.15, -0.1) is 0 Å². The summed E-state index contributed by atoms with van der Waals surface area (Å²) in [6.45, 7) is 8.00. The lowest BCUT2D eigenvalue weighted by molar-refractivity contribution is -0.281. The Bertz CT molecular complexity index is 159. The van der Waals surface area contributed by atoms with E-state index in [-0.39, 0.29) is 0 Å². The van der Waals surface area contributed by atoms with Gasteiger partial charge >= 0.3 is 5.97 Å². The summed E-state index contributed by atoms with van der Waals surface area (Å²) in [5.41, 5.74) is 0. The minimum absolute atomic E-state index is 0.343. The molecule has 0 bridgehead atoms. The number of rotatable bonds is 2. The fourth-order valence-electron chi connectivity index (χ4n) is 0.792. The molecule has 0 aromatic carbocycles. The first-order valence-electron chi connectivity index (χ1n) is 4.21. The van der Waals surface area contributed by atoms with Crippen molar-refractivity contribution in [2.24, 2.45) is 5.92 Å². The topological polar surface area (TPSA) is 55.8 Å². The molecule has 1 N–H and O–H groups in total. The highest BCUT2D eigenvalue weighted by Gasteiger charge is 2.19. The maximum Gasteiger partial charge on any atom is 0.327 e. The van der Waals surface area contributed by atoms with Crippen LogP contribution in [-0.2, 0) is 14.6 Å². The quantitative estimate of drug-likeness (QED) is 0.528. The first-order valence-corrected chi connectivity index (χ1v) is 4.21. The first-order chi connectivity index (χ1) is 6.07. The monoisotopic (exact) mass is 188 g/mol. The maximum atomic E-state index is 9.25. The number of carboxylic acid groups (broad SMARTS) is 1. The third-order valence-electron chi connectivity index (χ3n) is 1.60. The van der Waals surface area contributed by atoms with Gasteiger partial charge in [-0.05, 0) is 5.92 Å². The zero-order chi connectivity index (χ0) is 10.3. The van der Waals surface area contributed by atoms with Gasteiger partial charge in [-0.25, -0.2) is 14.6 Å². The lowest BCUT2D eigenvalue weighted by Gasteiger charge is -2.08. The van der Waals surface area contributed by atoms with Crippen molar-refractivity contribution in [2.75, 3.05) is 6.61 Å². The molecule has 1 rings (SSSR count). The zero-order valence-electron chi connectivity index (χ0n) is 8.03. The first kappa shape index (κ1) is 12.1. The number of carbonyl (C=O) groups is 1. The Balaban J connectivity index is 0.000000252. The molecule has 1 aliphatic heterocycles. The van der Waals surface area contributed by atoms with Crippen molar-refractivity contribution in [2.45, 2.75) is 26.4 Å². The molecule has 1 unspecified atom stereocenters. The zero-order valence-corrected chi connectivity index (χ0v) is 8.03. The van der Waals surface area contributed by atoms with Crippen molar-refractivity contribution in [3.05, 3.63) is 12.7 Å². The van der Waals surface area contributed by atoms with Crippen LogP contribution in [0.5, 0.6) is 0 Å². The molecule has 0 saturated carbocycles. The molecule has 76 valence electrons. The second kappa shape index (κ2) is 6.62. The van der Waals surface area contributed by atoms with Gasteiger partial charge in [0.15, 0.2) is 0 Å². The van der Waals surface area contributed by atoms with Gasteiger partial charge in [-0.1, -0.05) is 20.4 Å². The third-order valence-corrected chi connectivity index (χ3v) is 1.60. The van der Waals surface area contributed by atoms with E-state index in [2.05, 4.69) is 20.4 Å². The van der Waals surface area contributed by atoms with E-state index in [1.165, 1.54) is 0 Å². The molecule has 1 fully saturated rings. The summed E-state index contributed by atoms with van der Waals surface area (Å²) >= 11 is 0. The summed E-state index contributed by atoms with van der Waals surface area (Å²) in [7, 11) is 0. The highest BCUT2D eigenvalue weighted by atomic mass is 17.2. The summed E-state index contributed by atoms with van der Waals surface area (Å²) in [5, 5.41) is 7.60. The van der Waals surface area contributed by atoms with Crippen molar-refractivity contribution in [1.82, 2.24) is 0 Å². The van der Waals surface area contributed by atoms with Crippen LogP contribution in [0.15, 0.2) is 12.7 Å². The molecule has 0 radical (unpaired) electrons. The minimum atomic E-state index is -0.981. The van der Waals surface area contributed by atoms with Crippen LogP contribution < -0.4 is 0 Å². The average molecular weight is 188 g/mol. The number of aliphatic carboxylic acids is 1. The highest BCUT2D eigenvalue weighted by molar-refractivity contribution is 5.78. The third kappa shape index (κ3) is 6.31. The summed E-state index contributed by atoms with van der Waals surface area (Å²) in [6, 6.07) is 0. The van der Waals surface area contributed by atoms with Crippen LogP contribution in [0, 0.1) is 5.92 Å². The van der Waals surface area contributed by atoms with Crippen molar-refractivity contribution < 1.29 is 19.7 Å². The molecular weight excluding hydrogens is 172 g/mol. The SMILES string of the molecule is C=CC(=O)O.CC(C)C1CCOO1. The summed E-state index contributed by atoms with van der Waals surface area (Å²) < 4.78 is 0. The average Bonchev–Trinajstić information content (AvgIpc) is 2.57. The standard InChI is InChI=1S/C6H12O2.C3H4O2/c1-5(2)6-3-4-7-8-6;1-2-3(4)5/h5-6H,3-4H2,1-2H3;2H,1H2,(H,4,5). The lowest BCUT2D eigenvalue weighted by atomic mass is 10.1. The number of hydrogen-bond donors (Lipinski definition) is 1. The summed E-state index contributed by atoms with van der Waals surface area (Å²) in [4.78, 5) is 18.9. The van der Waals surface area contributed by atoms with Gasteiger partial charge in [0, 0.05) is 12.5 Å². The predicted octanol–water partition coefficient (Wildman–Crippen LogP) is 1.62. The summed E-state index contributed by atoms with van der Waals surface area (Å²) in [5.74, 6) is -0.387. The molecular formula is C9H16O4. The van der Waals surface area contributed by atoms with Gasteiger partial charge in [0.25, 0.3) is 0 Å². The van der Waals surface area contributed by atoms with Crippen LogP contribution in [0.4, 0.5) is 0 Å². The van der Waals surface area contributed by atoms with E-state index >= 15 is 0 Å². The Hall–Kier alpha value is -0.870. The van der Waals surface area contributed by atoms with Crippen molar-refractivity contribution in [1.29, 1.82) is 0 Å². The molecule has 0 aromatic heterocycles. The van der Waals surface area contributed by atoms with E-state index in [1.807, 2.05) is 0 Å². The maximum absolute atomic E-state index is 9.25. The van der Waals surface area contributed by atoms with Gasteiger partial charge in [0.05, 0.1) is 12.7 Å². The van der Waals surface area contributed by atoms with E-state index in [1.54, 1.807) is 0 Å². The molecule has 0 amide bonds. The fourth-order valence-corrected chi connectivity index (χ4v) is 0.792. The van der Waals surface area contributed by atoms with E-state index in [0.29, 0.717) is 12.0 Å². The normalized spacial score (nSPS) is 20.7. The van der Waals surface area contributed by atoms with Gasteiger partial charge in [0.1, 0.15) is 0 Å². The van der Waals surface area contributed by atoms with Crippen LogP contribution in [0.3, 0.4) is 0 Å². The molecule has 4 heteroatoms. The highest BCUT2D eigenvalue weighted by Crippen LogP contribution is 2.16. The van der Waals surface area contributed by atoms with Gasteiger partial charge in [0.2, 0.25) is 0 Å². The molecule has 1 aliphatic rings. The molecule has 0 aliphatic carbocycles. The van der Waals surface area contributed by atoms with Crippen LogP contribution >= 0.6 is 0 Å². The molecule has 0 spiro atoms. The molecule has 4 nitrogen and oxygen atoms in total. The predicted molar refractivity (Wildman–Crippen MR) is 48.1 cm³/mol. The van der Waals surface area contributed by atoms with Crippen molar-refractivity contribution in [3.8, 4) is 0 Å². The Kier molecular flexibility index (Phi) is 6.18. The molecule has 1 saturated heterocycles. The Morgan fingerprint density at radius 2 is 2.23 bits per heavy atom. The summed E-state index contributed by atoms with van der Waals surface area (Å²) in [6.07, 6.45) is 2.23. The number of carboxylic acids is 1. The molecule has 1 heterocycles. The molecule has 13 heavy (non-hydrogen) atoms. The van der Waals surface area contributed by atoms with Crippen LogP contribution in [0.25, 0.3) is 0 Å². The van der Waals surface area contributed by atoms with Crippen molar-refractivity contribution in [3.63, 3.8) is 0 Å². The molecule has 0 aromatic rings. The van der Waals surface area contributed by atoms with Crippen LogP contribution in [-0.4, -0.2) is 23.8 Å². The van der Waals surface area contributed by atoms with Crippen molar-refractivity contribution >= 4 is 5.97 Å². The van der Waals surface area contributed by atoms with Crippen LogP contribution in [0.1, 0.15) is 20.3 Å². The van der Waals surface area contributed by atoms with Gasteiger partial charge < -0.3 is 5.11 Å². The van der Waals surface area contributed by atoms with E-state index in [9.17, 15) is 4.79 Å². The number of hydrogen-bond acceptors (Lipinski definition) is 3. The van der Waals surface area contributed by atoms with Gasteiger partial charge in [-0.2, -0.15) is 0 Å². The van der Waals surface area contributed by atoms with E-state index in [0.717, 1.165) is 19.1 Å². The largest absolute Gasteiger partial charge is 0.478 e. The Labute approximate surface area is 78.1 Å². The smallest absolute Gasteiger partial charge is 0.327 e.